The predicted molar refractivity (Wildman–Crippen MR) is 63.4 cm³/mol. The first kappa shape index (κ1) is 12.7. The zero-order chi connectivity index (χ0) is 13.2. The fraction of sp³-hybridized carbons (Fsp3) is 0.400. The van der Waals surface area contributed by atoms with E-state index in [0.29, 0.717) is 0 Å². The maximum atomic E-state index is 12.6. The quantitative estimate of drug-likeness (QED) is 0.807. The maximum Gasteiger partial charge on any atom is 0.323 e. The summed E-state index contributed by atoms with van der Waals surface area (Å²) in [6.07, 6.45) is 0.996. The molecule has 1 fully saturated rings. The summed E-state index contributed by atoms with van der Waals surface area (Å²) >= 11 is 0. The summed E-state index contributed by atoms with van der Waals surface area (Å²) in [4.78, 5) is 16.8. The number of carbonyl (C=O) groups excluding carboxylic acids is 1. The van der Waals surface area contributed by atoms with Crippen molar-refractivity contribution >= 4 is 21.7 Å². The minimum Gasteiger partial charge on any atom is -0.322 e. The second-order valence-electron chi connectivity index (χ2n) is 3.93. The molecule has 1 saturated heterocycles. The van der Waals surface area contributed by atoms with Crippen molar-refractivity contribution in [2.45, 2.75) is 0 Å². The Morgan fingerprint density at radius 1 is 1.33 bits per heavy atom. The van der Waals surface area contributed by atoms with E-state index in [4.69, 9.17) is 0 Å². The van der Waals surface area contributed by atoms with Gasteiger partial charge in [0.2, 0.25) is 0 Å². The smallest absolute Gasteiger partial charge is 0.322 e. The van der Waals surface area contributed by atoms with E-state index in [9.17, 15) is 17.6 Å². The largest absolute Gasteiger partial charge is 0.323 e. The van der Waals surface area contributed by atoms with Gasteiger partial charge in [0.15, 0.2) is 9.84 Å². The van der Waals surface area contributed by atoms with Crippen LogP contribution in [0, 0.1) is 5.82 Å². The fourth-order valence-electron chi connectivity index (χ4n) is 1.55. The number of carbonyl (C=O) groups is 1. The molecule has 2 amide bonds. The molecule has 6 nitrogen and oxygen atoms in total. The Labute approximate surface area is 104 Å². The number of pyridine rings is 1. The lowest BCUT2D eigenvalue weighted by atomic mass is 10.4. The molecule has 1 aliphatic heterocycles. The van der Waals surface area contributed by atoms with Crippen LogP contribution in [0.4, 0.5) is 15.0 Å². The zero-order valence-corrected chi connectivity index (χ0v) is 10.3. The third-order valence-electron chi connectivity index (χ3n) is 2.59. The standard InChI is InChI=1S/C10H12FN3O3S/c11-8-1-2-9(12-7-8)13-10(15)14-3-5-18(16,17)6-4-14/h1-2,7H,3-6H2,(H,12,13,15). The van der Waals surface area contributed by atoms with E-state index in [1.165, 1.54) is 17.0 Å². The summed E-state index contributed by atoms with van der Waals surface area (Å²) in [6.45, 7) is 0.324. The van der Waals surface area contributed by atoms with Gasteiger partial charge in [-0.05, 0) is 12.1 Å². The van der Waals surface area contributed by atoms with Gasteiger partial charge in [0.05, 0.1) is 17.7 Å². The number of urea groups is 1. The normalized spacial score (nSPS) is 18.4. The molecule has 0 spiro atoms. The summed E-state index contributed by atoms with van der Waals surface area (Å²) in [5, 5.41) is 2.48. The van der Waals surface area contributed by atoms with Crippen LogP contribution in [0.25, 0.3) is 0 Å². The van der Waals surface area contributed by atoms with Crippen LogP contribution < -0.4 is 5.32 Å². The molecule has 0 aliphatic carbocycles. The number of sulfone groups is 1. The Hall–Kier alpha value is -1.70. The average molecular weight is 273 g/mol. The van der Waals surface area contributed by atoms with Gasteiger partial charge in [-0.15, -0.1) is 0 Å². The first-order valence-electron chi connectivity index (χ1n) is 5.34. The molecule has 1 N–H and O–H groups in total. The van der Waals surface area contributed by atoms with Crippen molar-refractivity contribution in [1.82, 2.24) is 9.88 Å². The van der Waals surface area contributed by atoms with Crippen LogP contribution in [0.5, 0.6) is 0 Å². The van der Waals surface area contributed by atoms with Crippen molar-refractivity contribution < 1.29 is 17.6 Å². The van der Waals surface area contributed by atoms with Gasteiger partial charge in [-0.25, -0.2) is 22.6 Å². The number of anilines is 1. The summed E-state index contributed by atoms with van der Waals surface area (Å²) in [5.74, 6) is -0.318. The Balaban J connectivity index is 1.95. The van der Waals surface area contributed by atoms with Gasteiger partial charge in [-0.2, -0.15) is 0 Å². The summed E-state index contributed by atoms with van der Waals surface area (Å²) in [5.41, 5.74) is 0. The Morgan fingerprint density at radius 3 is 2.56 bits per heavy atom. The molecule has 18 heavy (non-hydrogen) atoms. The number of amides is 2. The summed E-state index contributed by atoms with van der Waals surface area (Å²) < 4.78 is 35.0. The lowest BCUT2D eigenvalue weighted by molar-refractivity contribution is 0.216. The van der Waals surface area contributed by atoms with Crippen LogP contribution in [-0.4, -0.2) is 48.9 Å². The molecule has 8 heteroatoms. The summed E-state index contributed by atoms with van der Waals surface area (Å²) in [7, 11) is -3.01. The van der Waals surface area contributed by atoms with Gasteiger partial charge in [-0.1, -0.05) is 0 Å². The van der Waals surface area contributed by atoms with Crippen molar-refractivity contribution in [1.29, 1.82) is 0 Å². The SMILES string of the molecule is O=C(Nc1ccc(F)cn1)N1CCS(=O)(=O)CC1. The zero-order valence-electron chi connectivity index (χ0n) is 9.47. The van der Waals surface area contributed by atoms with E-state index in [0.717, 1.165) is 6.20 Å². The van der Waals surface area contributed by atoms with Gasteiger partial charge >= 0.3 is 6.03 Å². The molecule has 1 aliphatic rings. The molecule has 2 heterocycles. The lowest BCUT2D eigenvalue weighted by Crippen LogP contribution is -2.45. The van der Waals surface area contributed by atoms with Crippen molar-refractivity contribution in [2.75, 3.05) is 29.9 Å². The number of nitrogens with one attached hydrogen (secondary N) is 1. The number of aromatic nitrogens is 1. The van der Waals surface area contributed by atoms with E-state index in [1.54, 1.807) is 0 Å². The second kappa shape index (κ2) is 4.89. The van der Waals surface area contributed by atoms with Crippen LogP contribution in [-0.2, 0) is 9.84 Å². The topological polar surface area (TPSA) is 79.4 Å². The fourth-order valence-corrected chi connectivity index (χ4v) is 2.76. The number of rotatable bonds is 1. The lowest BCUT2D eigenvalue weighted by Gasteiger charge is -2.26. The highest BCUT2D eigenvalue weighted by molar-refractivity contribution is 7.91. The molecular weight excluding hydrogens is 261 g/mol. The first-order valence-corrected chi connectivity index (χ1v) is 7.16. The van der Waals surface area contributed by atoms with E-state index in [1.807, 2.05) is 0 Å². The Kier molecular flexibility index (Phi) is 3.46. The molecule has 0 unspecified atom stereocenters. The van der Waals surface area contributed by atoms with Crippen LogP contribution in [0.1, 0.15) is 0 Å². The number of hydrogen-bond donors (Lipinski definition) is 1. The molecule has 0 radical (unpaired) electrons. The summed E-state index contributed by atoms with van der Waals surface area (Å²) in [6, 6.07) is 2.10. The molecule has 2 rings (SSSR count). The van der Waals surface area contributed by atoms with Crippen molar-refractivity contribution in [3.8, 4) is 0 Å². The van der Waals surface area contributed by atoms with Gasteiger partial charge in [0.25, 0.3) is 0 Å². The van der Waals surface area contributed by atoms with Gasteiger partial charge in [0, 0.05) is 13.1 Å². The van der Waals surface area contributed by atoms with Gasteiger partial charge < -0.3 is 4.90 Å². The molecule has 0 aromatic carbocycles. The van der Waals surface area contributed by atoms with Crippen molar-refractivity contribution in [2.24, 2.45) is 0 Å². The molecule has 1 aromatic rings. The number of hydrogen-bond acceptors (Lipinski definition) is 4. The van der Waals surface area contributed by atoms with E-state index < -0.39 is 21.7 Å². The van der Waals surface area contributed by atoms with Gasteiger partial charge in [0.1, 0.15) is 11.6 Å². The molecule has 0 atom stereocenters. The van der Waals surface area contributed by atoms with Crippen molar-refractivity contribution in [3.05, 3.63) is 24.1 Å². The monoisotopic (exact) mass is 273 g/mol. The molecular formula is C10H12FN3O3S. The van der Waals surface area contributed by atoms with Crippen LogP contribution in [0.15, 0.2) is 18.3 Å². The average Bonchev–Trinajstić information content (AvgIpc) is 2.32. The highest BCUT2D eigenvalue weighted by Gasteiger charge is 2.25. The van der Waals surface area contributed by atoms with Gasteiger partial charge in [-0.3, -0.25) is 5.32 Å². The molecule has 0 bridgehead atoms. The Morgan fingerprint density at radius 2 is 2.00 bits per heavy atom. The number of nitrogens with zero attached hydrogens (tertiary/aromatic N) is 2. The first-order chi connectivity index (χ1) is 8.46. The highest BCUT2D eigenvalue weighted by atomic mass is 32.2. The van der Waals surface area contributed by atoms with E-state index in [-0.39, 0.29) is 30.4 Å². The highest BCUT2D eigenvalue weighted by Crippen LogP contribution is 2.08. The Bertz CT molecular complexity index is 530. The van der Waals surface area contributed by atoms with Crippen LogP contribution >= 0.6 is 0 Å². The third kappa shape index (κ3) is 3.16. The third-order valence-corrected chi connectivity index (χ3v) is 4.20. The van der Waals surface area contributed by atoms with E-state index in [2.05, 4.69) is 10.3 Å². The van der Waals surface area contributed by atoms with Crippen molar-refractivity contribution in [3.63, 3.8) is 0 Å². The molecule has 1 aromatic heterocycles. The molecule has 98 valence electrons. The predicted octanol–water partition coefficient (Wildman–Crippen LogP) is 0.483. The second-order valence-corrected chi connectivity index (χ2v) is 6.23. The van der Waals surface area contributed by atoms with Crippen LogP contribution in [0.2, 0.25) is 0 Å². The minimum absolute atomic E-state index is 0.0305. The molecule has 0 saturated carbocycles. The number of halogens is 1. The maximum absolute atomic E-state index is 12.6. The van der Waals surface area contributed by atoms with E-state index >= 15 is 0 Å². The van der Waals surface area contributed by atoms with Crippen LogP contribution in [0.3, 0.4) is 0 Å². The minimum atomic E-state index is -3.01.